The Kier molecular flexibility index (Phi) is 24.5. The molecule has 0 aromatic rings. The number of thioether (sulfide) groups is 1. The van der Waals surface area contributed by atoms with Gasteiger partial charge in [-0.3, -0.25) is 19.2 Å². The first-order valence-electron chi connectivity index (χ1n) is 26.0. The molecular formula is C46H78N6O24S. The van der Waals surface area contributed by atoms with Crippen LogP contribution in [0.15, 0.2) is 0 Å². The fraction of sp³-hybridized carbons (Fsp3) is 0.891. The lowest BCUT2D eigenvalue weighted by atomic mass is 9.94. The first-order valence-corrected chi connectivity index (χ1v) is 27.0. The van der Waals surface area contributed by atoms with E-state index in [1.54, 1.807) is 0 Å². The van der Waals surface area contributed by atoms with Crippen molar-refractivity contribution in [3.8, 4) is 0 Å². The molecule has 6 aliphatic heterocycles. The van der Waals surface area contributed by atoms with Crippen LogP contribution in [0.4, 0.5) is 4.79 Å². The molecule has 6 amide bonds. The largest absolute Gasteiger partial charge is 0.394 e. The summed E-state index contributed by atoms with van der Waals surface area (Å²) in [5, 5.41) is 134. The van der Waals surface area contributed by atoms with Crippen LogP contribution in [0.5, 0.6) is 0 Å². The van der Waals surface area contributed by atoms with Gasteiger partial charge >= 0.3 is 6.03 Å². The summed E-state index contributed by atoms with van der Waals surface area (Å²) in [6, 6.07) is -2.64. The number of nitrogens with one attached hydrogen (secondary N) is 6. The van der Waals surface area contributed by atoms with Gasteiger partial charge in [0.05, 0.1) is 38.5 Å². The molecule has 17 N–H and O–H groups in total. The Morgan fingerprint density at radius 3 is 1.74 bits per heavy atom. The van der Waals surface area contributed by atoms with Crippen molar-refractivity contribution in [2.75, 3.05) is 51.9 Å². The summed E-state index contributed by atoms with van der Waals surface area (Å²) in [4.78, 5) is 61.1. The summed E-state index contributed by atoms with van der Waals surface area (Å²) < 4.78 is 46.3. The number of aliphatic hydroxyl groups is 11. The molecule has 23 atom stereocenters. The first-order chi connectivity index (χ1) is 36.8. The molecule has 0 saturated carbocycles. The fourth-order valence-corrected chi connectivity index (χ4v) is 11.5. The molecule has 6 aliphatic rings. The Balaban J connectivity index is 0.959. The second kappa shape index (κ2) is 30.0. The molecule has 30 nitrogen and oxygen atoms in total. The fourth-order valence-electron chi connectivity index (χ4n) is 9.99. The topological polar surface area (TPSA) is 454 Å². The van der Waals surface area contributed by atoms with Crippen LogP contribution < -0.4 is 31.9 Å². The molecule has 6 heterocycles. The van der Waals surface area contributed by atoms with Gasteiger partial charge in [-0.2, -0.15) is 11.8 Å². The first kappa shape index (κ1) is 62.9. The van der Waals surface area contributed by atoms with E-state index < -0.39 is 161 Å². The van der Waals surface area contributed by atoms with Crippen LogP contribution in [-0.4, -0.2) is 278 Å². The highest BCUT2D eigenvalue weighted by Crippen LogP contribution is 2.35. The molecule has 6 saturated heterocycles. The van der Waals surface area contributed by atoms with Crippen LogP contribution in [0.3, 0.4) is 0 Å². The van der Waals surface area contributed by atoms with Crippen LogP contribution in [-0.2, 0) is 57.1 Å². The van der Waals surface area contributed by atoms with E-state index in [2.05, 4.69) is 31.9 Å². The zero-order chi connectivity index (χ0) is 56.1. The molecule has 0 aromatic carbocycles. The van der Waals surface area contributed by atoms with E-state index in [-0.39, 0.29) is 56.0 Å². The van der Waals surface area contributed by atoms with Crippen LogP contribution >= 0.6 is 11.8 Å². The normalized spacial score (nSPS) is 40.0. The van der Waals surface area contributed by atoms with Crippen molar-refractivity contribution in [3.63, 3.8) is 0 Å². The Morgan fingerprint density at radius 2 is 1.10 bits per heavy atom. The van der Waals surface area contributed by atoms with Crippen molar-refractivity contribution in [2.45, 2.75) is 205 Å². The molecule has 6 rings (SSSR count). The molecule has 0 aromatic heterocycles. The molecular weight excluding hydrogens is 1050 g/mol. The average molecular weight is 1130 g/mol. The molecule has 0 bridgehead atoms. The molecule has 0 radical (unpaired) electrons. The van der Waals surface area contributed by atoms with Crippen molar-refractivity contribution in [3.05, 3.63) is 0 Å². The van der Waals surface area contributed by atoms with E-state index in [0.717, 1.165) is 25.5 Å². The molecule has 442 valence electrons. The van der Waals surface area contributed by atoms with Crippen molar-refractivity contribution in [1.82, 2.24) is 31.9 Å². The minimum Gasteiger partial charge on any atom is -0.394 e. The number of rotatable bonds is 27. The lowest BCUT2D eigenvalue weighted by molar-refractivity contribution is -0.374. The number of fused-ring (bicyclic) bond motifs is 1. The average Bonchev–Trinajstić information content (AvgIpc) is 3.96. The van der Waals surface area contributed by atoms with Crippen LogP contribution in [0.25, 0.3) is 0 Å². The summed E-state index contributed by atoms with van der Waals surface area (Å²) in [7, 11) is 0. The number of urea groups is 1. The molecule has 6 fully saturated rings. The standard InChI is InChI=1S/C46H78N6O24S/c1-19(56)49-30-35(63)33(61)25(74-42(30)69-13-7-3-4-9-27(58)47-11-12-48-28(59)10-6-5-8-26-29-21(18-77-26)51-46(68)52-29)17-70-43-31(50-20(2)57)41(34(62)23(15-54)71-43)76-45-39(67)37(65)40(24(16-55)73-45)75-44-38(66)36(64)32(60)22(14-53)72-44/h21-26,29-45,53-55,60-67H,3-18H2,1-2H3,(H,47,58)(H,48,59)(H,49,56)(H,50,57)(H2,51,52,68)/t21-,22+,23+,24+,25+,26-,29-,30+,31+,32-,33-,34+,35+,36-,37+,38+,39+,40-,41+,42-,43+,44+,45-/m0/s1. The maximum atomic E-state index is 12.6. The van der Waals surface area contributed by atoms with Gasteiger partial charge in [0.1, 0.15) is 97.5 Å². The Bertz CT molecular complexity index is 1900. The summed E-state index contributed by atoms with van der Waals surface area (Å²) in [6.45, 7) is -0.425. The number of ether oxygens (including phenoxy) is 8. The van der Waals surface area contributed by atoms with Gasteiger partial charge < -0.3 is 126 Å². The second-order valence-corrected chi connectivity index (χ2v) is 21.2. The van der Waals surface area contributed by atoms with E-state index in [9.17, 15) is 80.1 Å². The van der Waals surface area contributed by atoms with Crippen LogP contribution in [0, 0.1) is 0 Å². The van der Waals surface area contributed by atoms with Crippen LogP contribution in [0.2, 0.25) is 0 Å². The van der Waals surface area contributed by atoms with Crippen molar-refractivity contribution in [2.24, 2.45) is 0 Å². The predicted molar refractivity (Wildman–Crippen MR) is 259 cm³/mol. The number of unbranched alkanes of at least 4 members (excludes halogenated alkanes) is 3. The van der Waals surface area contributed by atoms with Gasteiger partial charge in [0.25, 0.3) is 0 Å². The molecule has 0 aliphatic carbocycles. The predicted octanol–water partition coefficient (Wildman–Crippen LogP) is -7.92. The number of amides is 6. The minimum absolute atomic E-state index is 0.0200. The van der Waals surface area contributed by atoms with Gasteiger partial charge in [-0.25, -0.2) is 4.79 Å². The summed E-state index contributed by atoms with van der Waals surface area (Å²) in [6.07, 6.45) is -26.6. The van der Waals surface area contributed by atoms with Gasteiger partial charge in [0.2, 0.25) is 23.6 Å². The quantitative estimate of drug-likeness (QED) is 0.0268. The summed E-state index contributed by atoms with van der Waals surface area (Å²) >= 11 is 1.83. The zero-order valence-electron chi connectivity index (χ0n) is 42.7. The number of hydrogen-bond donors (Lipinski definition) is 17. The van der Waals surface area contributed by atoms with Crippen molar-refractivity contribution >= 4 is 41.4 Å². The van der Waals surface area contributed by atoms with Gasteiger partial charge in [-0.05, 0) is 25.7 Å². The lowest BCUT2D eigenvalue weighted by Gasteiger charge is -2.49. The SMILES string of the molecule is CC(=O)N[C@H]1[C@@H](OCCCCCC(=O)NCCNC(=O)CCCC[C@@H]2SC[C@@H]3NC(=O)N[C@@H]32)O[C@H](CO[C@@H]2O[C@H](CO)[C@@H](O)[C@H](O[C@@H]3O[C@H](CO)[C@H](O[C@H]4O[C@H](CO)[C@H](O)[C@H](O)[C@H]4O)[C@H](O)[C@H]3O)[C@H]2NC(C)=O)[C@H](O)[C@@H]1O. The van der Waals surface area contributed by atoms with Crippen molar-refractivity contribution < 1.29 is 118 Å². The Hall–Kier alpha value is -3.26. The Labute approximate surface area is 447 Å². The maximum Gasteiger partial charge on any atom is 0.315 e. The highest BCUT2D eigenvalue weighted by atomic mass is 32.2. The van der Waals surface area contributed by atoms with E-state index in [1.165, 1.54) is 6.92 Å². The third-order valence-electron chi connectivity index (χ3n) is 14.2. The Morgan fingerprint density at radius 1 is 0.571 bits per heavy atom. The van der Waals surface area contributed by atoms with Gasteiger partial charge in [0, 0.05) is 57.4 Å². The highest BCUT2D eigenvalue weighted by molar-refractivity contribution is 8.00. The van der Waals surface area contributed by atoms with Crippen LogP contribution in [0.1, 0.15) is 65.2 Å². The minimum atomic E-state index is -2.08. The van der Waals surface area contributed by atoms with Gasteiger partial charge in [0.15, 0.2) is 25.2 Å². The molecule has 0 unspecified atom stereocenters. The monoisotopic (exact) mass is 1130 g/mol. The van der Waals surface area contributed by atoms with Gasteiger partial charge in [-0.1, -0.05) is 12.8 Å². The zero-order valence-corrected chi connectivity index (χ0v) is 43.5. The van der Waals surface area contributed by atoms with E-state index in [4.69, 9.17) is 37.9 Å². The van der Waals surface area contributed by atoms with Gasteiger partial charge in [-0.15, -0.1) is 0 Å². The molecule has 77 heavy (non-hydrogen) atoms. The van der Waals surface area contributed by atoms with E-state index in [1.807, 2.05) is 11.8 Å². The highest BCUT2D eigenvalue weighted by Gasteiger charge is 2.55. The molecule has 31 heteroatoms. The third-order valence-corrected chi connectivity index (χ3v) is 15.7. The summed E-state index contributed by atoms with van der Waals surface area (Å²) in [5.74, 6) is -0.756. The van der Waals surface area contributed by atoms with Crippen molar-refractivity contribution in [1.29, 1.82) is 0 Å². The number of aliphatic hydroxyl groups excluding tert-OH is 11. The summed E-state index contributed by atoms with van der Waals surface area (Å²) in [5.41, 5.74) is 0. The maximum absolute atomic E-state index is 12.6. The molecule has 0 spiro atoms. The van der Waals surface area contributed by atoms with E-state index in [0.29, 0.717) is 37.4 Å². The lowest BCUT2D eigenvalue weighted by Crippen LogP contribution is -2.69. The number of carbonyl (C=O) groups is 5. The number of hydrogen-bond acceptors (Lipinski definition) is 25. The second-order valence-electron chi connectivity index (χ2n) is 19.9. The van der Waals surface area contributed by atoms with E-state index >= 15 is 0 Å². The third kappa shape index (κ3) is 16.7. The smallest absolute Gasteiger partial charge is 0.315 e. The number of carbonyl (C=O) groups excluding carboxylic acids is 5.